The lowest BCUT2D eigenvalue weighted by Gasteiger charge is -2.33. The molecule has 0 aromatic heterocycles. The molecule has 0 bridgehead atoms. The Morgan fingerprint density at radius 2 is 2.13 bits per heavy atom. The molecule has 0 heterocycles. The van der Waals surface area contributed by atoms with Gasteiger partial charge in [-0.1, -0.05) is 13.8 Å². The minimum Gasteiger partial charge on any atom is -0.385 e. The maximum Gasteiger partial charge on any atom is 0.220 e. The summed E-state index contributed by atoms with van der Waals surface area (Å²) in [5.41, 5.74) is 5.37. The van der Waals surface area contributed by atoms with Crippen LogP contribution in [0.2, 0.25) is 0 Å². The van der Waals surface area contributed by atoms with E-state index in [-0.39, 0.29) is 11.4 Å². The Morgan fingerprint density at radius 1 is 1.53 bits per heavy atom. The number of methoxy groups -OCH3 is 1. The molecule has 1 amide bonds. The fourth-order valence-corrected chi connectivity index (χ4v) is 1.19. The Kier molecular flexibility index (Phi) is 6.52. The molecule has 0 spiro atoms. The highest BCUT2D eigenvalue weighted by atomic mass is 16.5. The zero-order valence-electron chi connectivity index (χ0n) is 10.3. The van der Waals surface area contributed by atoms with E-state index in [2.05, 4.69) is 19.2 Å². The third kappa shape index (κ3) is 5.14. The predicted molar refractivity (Wildman–Crippen MR) is 61.6 cm³/mol. The molecule has 0 radical (unpaired) electrons. The topological polar surface area (TPSA) is 64.3 Å². The van der Waals surface area contributed by atoms with Gasteiger partial charge in [0.15, 0.2) is 0 Å². The van der Waals surface area contributed by atoms with Gasteiger partial charge in [-0.25, -0.2) is 0 Å². The van der Waals surface area contributed by atoms with E-state index in [4.69, 9.17) is 10.5 Å². The van der Waals surface area contributed by atoms with Gasteiger partial charge >= 0.3 is 0 Å². The summed E-state index contributed by atoms with van der Waals surface area (Å²) in [6.45, 7) is 7.17. The van der Waals surface area contributed by atoms with E-state index in [1.165, 1.54) is 0 Å². The van der Waals surface area contributed by atoms with Crippen molar-refractivity contribution in [3.8, 4) is 0 Å². The van der Waals surface area contributed by atoms with Crippen molar-refractivity contribution in [2.75, 3.05) is 20.3 Å². The molecule has 90 valence electrons. The van der Waals surface area contributed by atoms with Crippen molar-refractivity contribution in [3.05, 3.63) is 0 Å². The first kappa shape index (κ1) is 14.4. The van der Waals surface area contributed by atoms with Crippen LogP contribution in [0.5, 0.6) is 0 Å². The van der Waals surface area contributed by atoms with Crippen LogP contribution in [0, 0.1) is 5.92 Å². The zero-order valence-corrected chi connectivity index (χ0v) is 10.3. The Balaban J connectivity index is 4.02. The molecule has 4 heteroatoms. The fourth-order valence-electron chi connectivity index (χ4n) is 1.19. The molecule has 0 aromatic rings. The Morgan fingerprint density at radius 3 is 2.53 bits per heavy atom. The number of nitrogens with two attached hydrogens (primary N) is 1. The normalized spacial score (nSPS) is 15.1. The Bertz CT molecular complexity index is 195. The third-order valence-corrected chi connectivity index (χ3v) is 2.88. The molecule has 15 heavy (non-hydrogen) atoms. The molecule has 0 aliphatic rings. The lowest BCUT2D eigenvalue weighted by molar-refractivity contribution is -0.123. The first-order valence-electron chi connectivity index (χ1n) is 5.46. The summed E-state index contributed by atoms with van der Waals surface area (Å²) in [7, 11) is 1.63. The van der Waals surface area contributed by atoms with E-state index >= 15 is 0 Å². The average molecular weight is 216 g/mol. The Labute approximate surface area is 92.6 Å². The van der Waals surface area contributed by atoms with Crippen molar-refractivity contribution in [3.63, 3.8) is 0 Å². The monoisotopic (exact) mass is 216 g/mol. The van der Waals surface area contributed by atoms with E-state index < -0.39 is 0 Å². The predicted octanol–water partition coefficient (Wildman–Crippen LogP) is 0.903. The van der Waals surface area contributed by atoms with Crippen molar-refractivity contribution < 1.29 is 9.53 Å². The van der Waals surface area contributed by atoms with Gasteiger partial charge in [0.2, 0.25) is 5.91 Å². The standard InChI is InChI=1S/C11H24N2O2/c1-9(2)11(3,8-12)13-10(14)6-5-7-15-4/h9H,5-8,12H2,1-4H3,(H,13,14). The quantitative estimate of drug-likeness (QED) is 0.622. The molecule has 0 aromatic carbocycles. The minimum absolute atomic E-state index is 0.0497. The molecular weight excluding hydrogens is 192 g/mol. The molecule has 1 atom stereocenters. The molecule has 0 rings (SSSR count). The van der Waals surface area contributed by atoms with Crippen molar-refractivity contribution in [1.82, 2.24) is 5.32 Å². The van der Waals surface area contributed by atoms with E-state index in [1.807, 2.05) is 6.92 Å². The minimum atomic E-state index is -0.301. The third-order valence-electron chi connectivity index (χ3n) is 2.88. The number of nitrogens with one attached hydrogen (secondary N) is 1. The van der Waals surface area contributed by atoms with Crippen LogP contribution >= 0.6 is 0 Å². The zero-order chi connectivity index (χ0) is 11.9. The van der Waals surface area contributed by atoms with Crippen LogP contribution in [-0.4, -0.2) is 31.7 Å². The first-order chi connectivity index (χ1) is 6.96. The average Bonchev–Trinajstić information content (AvgIpc) is 2.17. The number of hydrogen-bond donors (Lipinski definition) is 2. The van der Waals surface area contributed by atoms with Crippen LogP contribution in [0.15, 0.2) is 0 Å². The summed E-state index contributed by atoms with van der Waals surface area (Å²) in [5.74, 6) is 0.377. The van der Waals surface area contributed by atoms with Gasteiger partial charge in [0.25, 0.3) is 0 Å². The summed E-state index contributed by atoms with van der Waals surface area (Å²) < 4.78 is 4.89. The van der Waals surface area contributed by atoms with Crippen LogP contribution in [0.25, 0.3) is 0 Å². The van der Waals surface area contributed by atoms with Crippen LogP contribution in [-0.2, 0) is 9.53 Å². The second kappa shape index (κ2) is 6.80. The first-order valence-corrected chi connectivity index (χ1v) is 5.46. The van der Waals surface area contributed by atoms with E-state index in [9.17, 15) is 4.79 Å². The molecule has 0 saturated heterocycles. The summed E-state index contributed by atoms with van der Waals surface area (Å²) in [6.07, 6.45) is 1.25. The fraction of sp³-hybridized carbons (Fsp3) is 0.909. The lowest BCUT2D eigenvalue weighted by Crippen LogP contribution is -2.55. The SMILES string of the molecule is COCCCC(=O)NC(C)(CN)C(C)C. The molecule has 3 N–H and O–H groups in total. The van der Waals surface area contributed by atoms with Crippen LogP contribution in [0.1, 0.15) is 33.6 Å². The number of hydrogen-bond acceptors (Lipinski definition) is 3. The number of ether oxygens (including phenoxy) is 1. The number of carbonyl (C=O) groups is 1. The highest BCUT2D eigenvalue weighted by molar-refractivity contribution is 5.76. The largest absolute Gasteiger partial charge is 0.385 e. The van der Waals surface area contributed by atoms with Gasteiger partial charge < -0.3 is 15.8 Å². The van der Waals surface area contributed by atoms with E-state index in [0.717, 1.165) is 6.42 Å². The lowest BCUT2D eigenvalue weighted by atomic mass is 9.88. The molecule has 0 aliphatic carbocycles. The Hall–Kier alpha value is -0.610. The van der Waals surface area contributed by atoms with Gasteiger partial charge in [-0.3, -0.25) is 4.79 Å². The van der Waals surface area contributed by atoms with Gasteiger partial charge in [0, 0.05) is 26.7 Å². The van der Waals surface area contributed by atoms with Crippen LogP contribution in [0.3, 0.4) is 0 Å². The summed E-state index contributed by atoms with van der Waals surface area (Å²) in [5, 5.41) is 2.98. The van der Waals surface area contributed by atoms with E-state index in [1.54, 1.807) is 7.11 Å². The maximum absolute atomic E-state index is 11.6. The van der Waals surface area contributed by atoms with Gasteiger partial charge in [-0.05, 0) is 19.3 Å². The molecule has 0 saturated carbocycles. The summed E-state index contributed by atoms with van der Waals surface area (Å²) in [6, 6.07) is 0. The molecule has 1 unspecified atom stereocenters. The van der Waals surface area contributed by atoms with Crippen molar-refractivity contribution in [2.24, 2.45) is 11.7 Å². The van der Waals surface area contributed by atoms with Crippen molar-refractivity contribution in [2.45, 2.75) is 39.2 Å². The molecule has 4 nitrogen and oxygen atoms in total. The van der Waals surface area contributed by atoms with Gasteiger partial charge in [-0.15, -0.1) is 0 Å². The smallest absolute Gasteiger partial charge is 0.220 e. The van der Waals surface area contributed by atoms with Gasteiger partial charge in [-0.2, -0.15) is 0 Å². The second-order valence-corrected chi connectivity index (χ2v) is 4.42. The summed E-state index contributed by atoms with van der Waals surface area (Å²) in [4.78, 5) is 11.6. The summed E-state index contributed by atoms with van der Waals surface area (Å²) >= 11 is 0. The molecule has 0 aliphatic heterocycles. The van der Waals surface area contributed by atoms with Crippen LogP contribution in [0.4, 0.5) is 0 Å². The number of amides is 1. The van der Waals surface area contributed by atoms with E-state index in [0.29, 0.717) is 25.5 Å². The second-order valence-electron chi connectivity index (χ2n) is 4.42. The highest BCUT2D eigenvalue weighted by Gasteiger charge is 2.27. The molecular formula is C11H24N2O2. The van der Waals surface area contributed by atoms with Gasteiger partial charge in [0.1, 0.15) is 0 Å². The van der Waals surface area contributed by atoms with Crippen molar-refractivity contribution in [1.29, 1.82) is 0 Å². The molecule has 0 fully saturated rings. The number of rotatable bonds is 7. The van der Waals surface area contributed by atoms with Gasteiger partial charge in [0.05, 0.1) is 5.54 Å². The number of carbonyl (C=O) groups excluding carboxylic acids is 1. The highest BCUT2D eigenvalue weighted by Crippen LogP contribution is 2.14. The van der Waals surface area contributed by atoms with Crippen molar-refractivity contribution >= 4 is 5.91 Å². The maximum atomic E-state index is 11.6. The van der Waals surface area contributed by atoms with Crippen LogP contribution < -0.4 is 11.1 Å².